The van der Waals surface area contributed by atoms with Gasteiger partial charge in [-0.15, -0.1) is 0 Å². The molecular formula is C21H20N6O. The monoisotopic (exact) mass is 372 g/mol. The number of rotatable bonds is 3. The first kappa shape index (κ1) is 16.7. The minimum atomic E-state index is -0.0727. The predicted molar refractivity (Wildman–Crippen MR) is 108 cm³/mol. The molecule has 0 spiro atoms. The van der Waals surface area contributed by atoms with Crippen LogP contribution in [0.5, 0.6) is 0 Å². The standard InChI is InChI=1S/C21H20N6O/c22-15-6-4-14(5-7-15)20-23-19-8-10-26(13-18(19)21(28)24-20)12-16-11-17-3-1-2-9-27(17)25-16/h1-7,9,11H,8,10,12-13,22H2,(H,23,24,28). The van der Waals surface area contributed by atoms with E-state index in [1.54, 1.807) is 0 Å². The number of pyridine rings is 1. The molecule has 4 heterocycles. The summed E-state index contributed by atoms with van der Waals surface area (Å²) in [5.74, 6) is 0.595. The van der Waals surface area contributed by atoms with Crippen LogP contribution in [0.15, 0.2) is 59.5 Å². The molecule has 3 N–H and O–H groups in total. The van der Waals surface area contributed by atoms with Crippen molar-refractivity contribution in [3.8, 4) is 11.4 Å². The molecule has 0 amide bonds. The van der Waals surface area contributed by atoms with Crippen LogP contribution in [0.1, 0.15) is 17.0 Å². The molecule has 1 aliphatic heterocycles. The Morgan fingerprint density at radius 2 is 2.00 bits per heavy atom. The van der Waals surface area contributed by atoms with Gasteiger partial charge in [-0.1, -0.05) is 6.07 Å². The number of hydrogen-bond donors (Lipinski definition) is 2. The van der Waals surface area contributed by atoms with Crippen molar-refractivity contribution in [2.24, 2.45) is 0 Å². The smallest absolute Gasteiger partial charge is 0.255 e. The summed E-state index contributed by atoms with van der Waals surface area (Å²) < 4.78 is 1.88. The Kier molecular flexibility index (Phi) is 3.95. The highest BCUT2D eigenvalue weighted by Crippen LogP contribution is 2.21. The average Bonchev–Trinajstić information content (AvgIpc) is 3.11. The van der Waals surface area contributed by atoms with Crippen LogP contribution in [-0.2, 0) is 19.5 Å². The Balaban J connectivity index is 1.39. The van der Waals surface area contributed by atoms with E-state index < -0.39 is 0 Å². The average molecular weight is 372 g/mol. The molecule has 0 atom stereocenters. The molecule has 5 rings (SSSR count). The fourth-order valence-electron chi connectivity index (χ4n) is 3.69. The Morgan fingerprint density at radius 3 is 2.82 bits per heavy atom. The number of nitrogens with two attached hydrogens (primary N) is 1. The van der Waals surface area contributed by atoms with E-state index >= 15 is 0 Å². The van der Waals surface area contributed by atoms with Gasteiger partial charge in [0.25, 0.3) is 5.56 Å². The van der Waals surface area contributed by atoms with Crippen LogP contribution < -0.4 is 11.3 Å². The number of aromatic amines is 1. The molecule has 0 saturated carbocycles. The van der Waals surface area contributed by atoms with Crippen LogP contribution in [0, 0.1) is 0 Å². The number of benzene rings is 1. The van der Waals surface area contributed by atoms with Crippen LogP contribution in [0.4, 0.5) is 5.69 Å². The zero-order valence-corrected chi connectivity index (χ0v) is 15.3. The quantitative estimate of drug-likeness (QED) is 0.538. The Morgan fingerprint density at radius 1 is 1.14 bits per heavy atom. The fourth-order valence-corrected chi connectivity index (χ4v) is 3.69. The van der Waals surface area contributed by atoms with Crippen molar-refractivity contribution in [2.45, 2.75) is 19.5 Å². The maximum atomic E-state index is 12.7. The lowest BCUT2D eigenvalue weighted by Crippen LogP contribution is -2.35. The first-order valence-electron chi connectivity index (χ1n) is 9.29. The maximum Gasteiger partial charge on any atom is 0.255 e. The lowest BCUT2D eigenvalue weighted by Gasteiger charge is -2.27. The summed E-state index contributed by atoms with van der Waals surface area (Å²) >= 11 is 0. The lowest BCUT2D eigenvalue weighted by molar-refractivity contribution is 0.238. The minimum Gasteiger partial charge on any atom is -0.399 e. The van der Waals surface area contributed by atoms with Gasteiger partial charge in [-0.05, 0) is 42.5 Å². The van der Waals surface area contributed by atoms with Gasteiger partial charge in [0.2, 0.25) is 0 Å². The van der Waals surface area contributed by atoms with Crippen LogP contribution in [-0.4, -0.2) is 31.0 Å². The van der Waals surface area contributed by atoms with Crippen molar-refractivity contribution >= 4 is 11.2 Å². The molecule has 1 aliphatic rings. The predicted octanol–water partition coefficient (Wildman–Crippen LogP) is 2.23. The summed E-state index contributed by atoms with van der Waals surface area (Å²) in [6.07, 6.45) is 2.69. The summed E-state index contributed by atoms with van der Waals surface area (Å²) in [5.41, 5.74) is 10.9. The van der Waals surface area contributed by atoms with Gasteiger partial charge in [0.05, 0.1) is 22.5 Å². The second-order valence-electron chi connectivity index (χ2n) is 7.13. The molecule has 0 radical (unpaired) electrons. The zero-order chi connectivity index (χ0) is 19.1. The Bertz CT molecular complexity index is 1170. The SMILES string of the molecule is Nc1ccc(-c2nc3c(c(=O)[nH]2)CN(Cc2cc4ccccn4n2)CC3)cc1. The first-order chi connectivity index (χ1) is 13.7. The molecule has 7 nitrogen and oxygen atoms in total. The Labute approximate surface area is 161 Å². The number of nitrogens with zero attached hydrogens (tertiary/aromatic N) is 4. The topological polar surface area (TPSA) is 92.3 Å². The van der Waals surface area contributed by atoms with E-state index in [4.69, 9.17) is 10.7 Å². The second kappa shape index (κ2) is 6.61. The second-order valence-corrected chi connectivity index (χ2v) is 7.13. The third kappa shape index (κ3) is 3.05. The van der Waals surface area contributed by atoms with E-state index in [1.807, 2.05) is 53.2 Å². The zero-order valence-electron chi connectivity index (χ0n) is 15.3. The normalized spacial score (nSPS) is 14.3. The highest BCUT2D eigenvalue weighted by atomic mass is 16.1. The Hall–Kier alpha value is -3.45. The lowest BCUT2D eigenvalue weighted by atomic mass is 10.1. The number of hydrogen-bond acceptors (Lipinski definition) is 5. The summed E-state index contributed by atoms with van der Waals surface area (Å²) in [5, 5.41) is 4.61. The molecule has 4 aromatic rings. The molecule has 0 unspecified atom stereocenters. The van der Waals surface area contributed by atoms with E-state index in [1.165, 1.54) is 0 Å². The van der Waals surface area contributed by atoms with Crippen molar-refractivity contribution in [2.75, 3.05) is 12.3 Å². The van der Waals surface area contributed by atoms with Crippen LogP contribution in [0.3, 0.4) is 0 Å². The summed E-state index contributed by atoms with van der Waals surface area (Å²) in [6.45, 7) is 2.13. The van der Waals surface area contributed by atoms with Crippen molar-refractivity contribution < 1.29 is 0 Å². The molecule has 3 aromatic heterocycles. The van der Waals surface area contributed by atoms with Gasteiger partial charge in [0.15, 0.2) is 0 Å². The van der Waals surface area contributed by atoms with E-state index in [0.717, 1.165) is 41.0 Å². The molecule has 7 heteroatoms. The maximum absolute atomic E-state index is 12.7. The molecular weight excluding hydrogens is 352 g/mol. The third-order valence-electron chi connectivity index (χ3n) is 5.14. The molecule has 0 aliphatic carbocycles. The number of anilines is 1. The largest absolute Gasteiger partial charge is 0.399 e. The molecule has 28 heavy (non-hydrogen) atoms. The number of H-pyrrole nitrogens is 1. The molecule has 1 aromatic carbocycles. The van der Waals surface area contributed by atoms with Crippen molar-refractivity contribution in [3.05, 3.63) is 82.0 Å². The number of nitrogen functional groups attached to an aromatic ring is 1. The van der Waals surface area contributed by atoms with Gasteiger partial charge >= 0.3 is 0 Å². The van der Waals surface area contributed by atoms with Gasteiger partial charge in [0, 0.05) is 43.5 Å². The van der Waals surface area contributed by atoms with Gasteiger partial charge in [-0.25, -0.2) is 9.50 Å². The number of nitrogens with one attached hydrogen (secondary N) is 1. The summed E-state index contributed by atoms with van der Waals surface area (Å²) in [4.78, 5) is 22.6. The number of fused-ring (bicyclic) bond motifs is 2. The van der Waals surface area contributed by atoms with Gasteiger partial charge in [-0.2, -0.15) is 5.10 Å². The molecule has 0 saturated heterocycles. The molecule has 140 valence electrons. The van der Waals surface area contributed by atoms with Crippen LogP contribution in [0.2, 0.25) is 0 Å². The molecule has 0 bridgehead atoms. The highest BCUT2D eigenvalue weighted by molar-refractivity contribution is 5.58. The third-order valence-corrected chi connectivity index (χ3v) is 5.14. The van der Waals surface area contributed by atoms with Gasteiger partial charge in [-0.3, -0.25) is 9.69 Å². The number of aromatic nitrogens is 4. The fraction of sp³-hybridized carbons (Fsp3) is 0.190. The first-order valence-corrected chi connectivity index (χ1v) is 9.29. The minimum absolute atomic E-state index is 0.0727. The highest BCUT2D eigenvalue weighted by Gasteiger charge is 2.22. The molecule has 0 fully saturated rings. The van der Waals surface area contributed by atoms with E-state index in [0.29, 0.717) is 24.6 Å². The van der Waals surface area contributed by atoms with Crippen molar-refractivity contribution in [3.63, 3.8) is 0 Å². The van der Waals surface area contributed by atoms with Crippen LogP contribution >= 0.6 is 0 Å². The van der Waals surface area contributed by atoms with Gasteiger partial charge < -0.3 is 10.7 Å². The van der Waals surface area contributed by atoms with E-state index in [9.17, 15) is 4.79 Å². The van der Waals surface area contributed by atoms with Crippen LogP contribution in [0.25, 0.3) is 16.9 Å². The van der Waals surface area contributed by atoms with Crippen molar-refractivity contribution in [1.82, 2.24) is 24.5 Å². The van der Waals surface area contributed by atoms with E-state index in [-0.39, 0.29) is 5.56 Å². The summed E-state index contributed by atoms with van der Waals surface area (Å²) in [6, 6.07) is 15.5. The summed E-state index contributed by atoms with van der Waals surface area (Å²) in [7, 11) is 0. The van der Waals surface area contributed by atoms with Gasteiger partial charge in [0.1, 0.15) is 5.82 Å². The van der Waals surface area contributed by atoms with Crippen molar-refractivity contribution in [1.29, 1.82) is 0 Å². The van der Waals surface area contributed by atoms with E-state index in [2.05, 4.69) is 21.0 Å².